The van der Waals surface area contributed by atoms with E-state index >= 15 is 0 Å². The van der Waals surface area contributed by atoms with Crippen LogP contribution < -0.4 is 30.2 Å². The summed E-state index contributed by atoms with van der Waals surface area (Å²) < 4.78 is 29.6. The minimum Gasteiger partial charge on any atom is -0.435 e. The Morgan fingerprint density at radius 1 is 0.404 bits per heavy atom. The molecule has 0 saturated carbocycles. The fraction of sp³-hybridized carbons (Fsp3) is 0.0435. The molecular formula is C46H37FN2O2Si+2. The van der Waals surface area contributed by atoms with Gasteiger partial charge < -0.3 is 9.47 Å². The van der Waals surface area contributed by atoms with Crippen molar-refractivity contribution < 1.29 is 23.0 Å². The van der Waals surface area contributed by atoms with Crippen LogP contribution in [0.1, 0.15) is 11.1 Å². The summed E-state index contributed by atoms with van der Waals surface area (Å²) in [4.78, 5) is 0. The normalized spacial score (nSPS) is 13.1. The average Bonchev–Trinajstić information content (AvgIpc) is 3.23. The summed E-state index contributed by atoms with van der Waals surface area (Å²) in [5, 5.41) is 5.32. The van der Waals surface area contributed by atoms with Gasteiger partial charge in [-0.3, -0.25) is 0 Å². The number of benzene rings is 7. The molecule has 0 atom stereocenters. The molecule has 0 aromatic heterocycles. The third kappa shape index (κ3) is 6.36. The molecule has 0 radical (unpaired) electrons. The van der Waals surface area contributed by atoms with Crippen LogP contribution in [-0.2, 0) is 0 Å². The van der Waals surface area contributed by atoms with Gasteiger partial charge in [-0.1, -0.05) is 146 Å². The van der Waals surface area contributed by atoms with Crippen LogP contribution in [0, 0.1) is 5.82 Å². The van der Waals surface area contributed by atoms with Crippen molar-refractivity contribution in [2.45, 2.75) is 0 Å². The minimum absolute atomic E-state index is 0.313. The van der Waals surface area contributed by atoms with Gasteiger partial charge in [0, 0.05) is 24.3 Å². The van der Waals surface area contributed by atoms with Gasteiger partial charge in [0.05, 0.1) is 11.1 Å². The van der Waals surface area contributed by atoms with E-state index in [0.29, 0.717) is 19.2 Å². The maximum Gasteiger partial charge on any atom is 0.292 e. The summed E-state index contributed by atoms with van der Waals surface area (Å²) in [5.74, 6) is 1.01. The fourth-order valence-corrected chi connectivity index (χ4v) is 12.1. The Morgan fingerprint density at radius 3 is 1.25 bits per heavy atom. The molecule has 0 saturated heterocycles. The van der Waals surface area contributed by atoms with Crippen molar-refractivity contribution in [3.63, 3.8) is 0 Å². The quantitative estimate of drug-likeness (QED) is 0.105. The molecule has 0 spiro atoms. The van der Waals surface area contributed by atoms with Gasteiger partial charge >= 0.3 is 0 Å². The van der Waals surface area contributed by atoms with Gasteiger partial charge in [0.25, 0.3) is 13.5 Å². The zero-order chi connectivity index (χ0) is 35.2. The molecule has 52 heavy (non-hydrogen) atoms. The maximum absolute atomic E-state index is 13.4. The number of rotatable bonds is 6. The maximum atomic E-state index is 13.4. The Hall–Kier alpha value is -6.37. The van der Waals surface area contributed by atoms with Crippen LogP contribution >= 0.6 is 0 Å². The summed E-state index contributed by atoms with van der Waals surface area (Å²) >= 11 is 0. The van der Waals surface area contributed by atoms with Gasteiger partial charge in [-0.05, 0) is 38.9 Å². The monoisotopic (exact) mass is 696 g/mol. The number of halogens is 1. The van der Waals surface area contributed by atoms with Gasteiger partial charge in [-0.2, -0.15) is 9.15 Å². The van der Waals surface area contributed by atoms with E-state index in [0.717, 1.165) is 28.3 Å². The molecule has 2 aliphatic rings. The van der Waals surface area contributed by atoms with E-state index in [-0.39, 0.29) is 5.82 Å². The number of hydrogen-bond donors (Lipinski definition) is 0. The molecule has 2 heterocycles. The van der Waals surface area contributed by atoms with Gasteiger partial charge in [0.1, 0.15) is 5.75 Å². The second kappa shape index (κ2) is 14.9. The van der Waals surface area contributed by atoms with Crippen LogP contribution in [0.4, 0.5) is 15.8 Å². The highest BCUT2D eigenvalue weighted by molar-refractivity contribution is 7.20. The van der Waals surface area contributed by atoms with Crippen LogP contribution in [0.2, 0.25) is 0 Å². The summed E-state index contributed by atoms with van der Waals surface area (Å²) in [6, 6.07) is 64.8. The second-order valence-electron chi connectivity index (χ2n) is 12.6. The minimum atomic E-state index is -2.64. The third-order valence-corrected chi connectivity index (χ3v) is 14.3. The molecule has 6 heteroatoms. The highest BCUT2D eigenvalue weighted by Gasteiger charge is 2.44. The Balaban J connectivity index is 0.000000190. The number of hydrogen-bond acceptors (Lipinski definition) is 2. The molecule has 0 bridgehead atoms. The molecule has 252 valence electrons. The lowest BCUT2D eigenvalue weighted by molar-refractivity contribution is -0.476. The fourth-order valence-electron chi connectivity index (χ4n) is 7.14. The first kappa shape index (κ1) is 32.8. The molecule has 4 nitrogen and oxygen atoms in total. The topological polar surface area (TPSA) is 24.5 Å². The lowest BCUT2D eigenvalue weighted by Crippen LogP contribution is -2.75. The average molecular weight is 697 g/mol. The first-order chi connectivity index (χ1) is 25.7. The lowest BCUT2D eigenvalue weighted by Gasteiger charge is -2.36. The highest BCUT2D eigenvalue weighted by atomic mass is 28.3. The first-order valence-corrected chi connectivity index (χ1v) is 19.4. The van der Waals surface area contributed by atoms with E-state index < -0.39 is 8.07 Å². The summed E-state index contributed by atoms with van der Waals surface area (Å²) in [6.07, 6.45) is 4.12. The Kier molecular flexibility index (Phi) is 9.37. The van der Waals surface area contributed by atoms with Crippen molar-refractivity contribution in [3.8, 4) is 11.5 Å². The standard InChI is InChI=1S/C32H26NOSi.C14H11FNO/c1-5-15-27(16-6-1)33-24-26-14-13-23-31(32(26)34-25-33)35(28-17-7-2-8-18-28,29-19-9-3-10-20-29)30-21-11-4-12-22-30;15-13-8-4-5-11-9-16(10-17-14(11)13)12-6-2-1-3-7-12/h1-24H,25H2;1-9H,10H2/q2*+1. The summed E-state index contributed by atoms with van der Waals surface area (Å²) in [6.45, 7) is 0.814. The van der Waals surface area contributed by atoms with Crippen molar-refractivity contribution in [3.05, 3.63) is 205 Å². The molecule has 0 aliphatic carbocycles. The molecule has 7 aromatic rings. The van der Waals surface area contributed by atoms with E-state index in [2.05, 4.69) is 144 Å². The molecule has 0 unspecified atom stereocenters. The summed E-state index contributed by atoms with van der Waals surface area (Å²) in [7, 11) is -2.64. The molecule has 9 rings (SSSR count). The van der Waals surface area contributed by atoms with Crippen molar-refractivity contribution in [2.24, 2.45) is 0 Å². The number of ether oxygens (including phenoxy) is 2. The SMILES string of the molecule is C1=[N+](c2ccccc2)COc2c1cccc2[Si](c1ccccc1)(c1ccccc1)c1ccccc1.Fc1cccc2c1OC[N+](c1ccccc1)=C2. The number of para-hydroxylation sites is 4. The van der Waals surface area contributed by atoms with E-state index in [9.17, 15) is 4.39 Å². The largest absolute Gasteiger partial charge is 0.435 e. The van der Waals surface area contributed by atoms with E-state index in [1.165, 1.54) is 26.8 Å². The smallest absolute Gasteiger partial charge is 0.292 e. The van der Waals surface area contributed by atoms with Gasteiger partial charge in [0.2, 0.25) is 11.4 Å². The van der Waals surface area contributed by atoms with Crippen molar-refractivity contribution in [1.82, 2.24) is 0 Å². The second-order valence-corrected chi connectivity index (χ2v) is 16.4. The summed E-state index contributed by atoms with van der Waals surface area (Å²) in [5.41, 5.74) is 4.03. The Bertz CT molecular complexity index is 2250. The molecule has 2 aliphatic heterocycles. The predicted octanol–water partition coefficient (Wildman–Crippen LogP) is 7.12. The van der Waals surface area contributed by atoms with Crippen LogP contribution in [0.15, 0.2) is 188 Å². The number of nitrogens with zero attached hydrogens (tertiary/aromatic N) is 2. The van der Waals surface area contributed by atoms with Crippen LogP contribution in [0.5, 0.6) is 11.5 Å². The van der Waals surface area contributed by atoms with E-state index in [4.69, 9.17) is 9.47 Å². The van der Waals surface area contributed by atoms with Crippen molar-refractivity contribution >= 4 is 52.6 Å². The van der Waals surface area contributed by atoms with Crippen LogP contribution in [0.3, 0.4) is 0 Å². The third-order valence-electron chi connectivity index (χ3n) is 9.53. The van der Waals surface area contributed by atoms with Crippen molar-refractivity contribution in [1.29, 1.82) is 0 Å². The van der Waals surface area contributed by atoms with Crippen LogP contribution in [-0.4, -0.2) is 43.1 Å². The van der Waals surface area contributed by atoms with Crippen LogP contribution in [0.25, 0.3) is 0 Å². The van der Waals surface area contributed by atoms with E-state index in [1.54, 1.807) is 6.07 Å². The number of fused-ring (bicyclic) bond motifs is 2. The zero-order valence-corrected chi connectivity index (χ0v) is 29.6. The molecule has 0 amide bonds. The zero-order valence-electron chi connectivity index (χ0n) is 28.6. The molecule has 0 N–H and O–H groups in total. The molecular weight excluding hydrogens is 660 g/mol. The van der Waals surface area contributed by atoms with Gasteiger partial charge in [-0.25, -0.2) is 4.39 Å². The Labute approximate surface area is 304 Å². The van der Waals surface area contributed by atoms with E-state index in [1.807, 2.05) is 53.3 Å². The first-order valence-electron chi connectivity index (χ1n) is 17.4. The molecule has 7 aromatic carbocycles. The van der Waals surface area contributed by atoms with Crippen molar-refractivity contribution in [2.75, 3.05) is 13.5 Å². The van der Waals surface area contributed by atoms with Gasteiger partial charge in [0.15, 0.2) is 32.1 Å². The lowest BCUT2D eigenvalue weighted by atomic mass is 10.2. The highest BCUT2D eigenvalue weighted by Crippen LogP contribution is 2.26. The predicted molar refractivity (Wildman–Crippen MR) is 211 cm³/mol. The van der Waals surface area contributed by atoms with Gasteiger partial charge in [-0.15, -0.1) is 0 Å². The Morgan fingerprint density at radius 2 is 0.788 bits per heavy atom. The molecule has 0 fully saturated rings.